The minimum Gasteiger partial charge on any atom is -0.340 e. The summed E-state index contributed by atoms with van der Waals surface area (Å²) in [6.07, 6.45) is -1.58. The van der Waals surface area contributed by atoms with Gasteiger partial charge in [-0.2, -0.15) is 13.2 Å². The smallest absolute Gasteiger partial charge is 0.340 e. The normalized spacial score (nSPS) is 24.2. The number of carbonyl (C=O) groups is 1. The topological polar surface area (TPSA) is 32.3 Å². The molecule has 6 heteroatoms. The summed E-state index contributed by atoms with van der Waals surface area (Å²) in [6, 6.07) is -0.275. The fraction of sp³-hybridized carbons (Fsp3) is 0.933. The Hall–Kier alpha value is -0.780. The minimum absolute atomic E-state index is 0.0158. The van der Waals surface area contributed by atoms with Crippen LogP contribution < -0.4 is 5.32 Å². The molecule has 2 atom stereocenters. The third-order valence-electron chi connectivity index (χ3n) is 3.75. The Morgan fingerprint density at radius 2 is 1.86 bits per heavy atom. The molecule has 1 heterocycles. The van der Waals surface area contributed by atoms with E-state index in [2.05, 4.69) is 12.2 Å². The van der Waals surface area contributed by atoms with E-state index in [1.165, 1.54) is 0 Å². The van der Waals surface area contributed by atoms with Crippen LogP contribution in [0.3, 0.4) is 0 Å². The molecule has 1 aliphatic rings. The first-order valence-electron chi connectivity index (χ1n) is 7.62. The highest BCUT2D eigenvalue weighted by Crippen LogP contribution is 2.26. The quantitative estimate of drug-likeness (QED) is 0.865. The van der Waals surface area contributed by atoms with Crippen molar-refractivity contribution in [2.75, 3.05) is 19.6 Å². The van der Waals surface area contributed by atoms with Crippen LogP contribution in [0.4, 0.5) is 13.2 Å². The van der Waals surface area contributed by atoms with E-state index in [4.69, 9.17) is 0 Å². The molecule has 1 N–H and O–H groups in total. The van der Waals surface area contributed by atoms with E-state index in [0.29, 0.717) is 19.5 Å². The van der Waals surface area contributed by atoms with Crippen LogP contribution >= 0.6 is 0 Å². The van der Waals surface area contributed by atoms with Gasteiger partial charge in [0.1, 0.15) is 0 Å². The summed E-state index contributed by atoms with van der Waals surface area (Å²) >= 11 is 0. The van der Waals surface area contributed by atoms with Gasteiger partial charge >= 0.3 is 6.18 Å². The molecule has 0 saturated carbocycles. The molecule has 0 aliphatic carbocycles. The molecular weight excluding hydrogens is 281 g/mol. The van der Waals surface area contributed by atoms with Gasteiger partial charge in [0, 0.05) is 24.5 Å². The molecule has 1 saturated heterocycles. The summed E-state index contributed by atoms with van der Waals surface area (Å²) in [7, 11) is 0. The maximum atomic E-state index is 12.4. The van der Waals surface area contributed by atoms with Gasteiger partial charge in [-0.3, -0.25) is 4.79 Å². The number of carbonyl (C=O) groups excluding carboxylic acids is 1. The maximum absolute atomic E-state index is 12.4. The Kier molecular flexibility index (Phi) is 6.08. The number of likely N-dealkylation sites (tertiary alicyclic amines) is 1. The van der Waals surface area contributed by atoms with Gasteiger partial charge < -0.3 is 10.2 Å². The van der Waals surface area contributed by atoms with Crippen LogP contribution in [0.1, 0.15) is 47.0 Å². The van der Waals surface area contributed by atoms with Gasteiger partial charge in [0.05, 0.1) is 6.54 Å². The fourth-order valence-corrected chi connectivity index (χ4v) is 2.87. The molecule has 3 nitrogen and oxygen atoms in total. The molecule has 0 spiro atoms. The lowest BCUT2D eigenvalue weighted by atomic mass is 9.87. The largest absolute Gasteiger partial charge is 0.401 e. The van der Waals surface area contributed by atoms with Crippen molar-refractivity contribution in [3.05, 3.63) is 0 Å². The zero-order valence-corrected chi connectivity index (χ0v) is 13.4. The third kappa shape index (κ3) is 6.24. The van der Waals surface area contributed by atoms with Crippen molar-refractivity contribution in [1.29, 1.82) is 0 Å². The number of rotatable bonds is 4. The Balaban J connectivity index is 2.70. The fourth-order valence-electron chi connectivity index (χ4n) is 2.87. The molecule has 1 aliphatic heterocycles. The monoisotopic (exact) mass is 308 g/mol. The first kappa shape index (κ1) is 18.3. The van der Waals surface area contributed by atoms with Crippen molar-refractivity contribution in [1.82, 2.24) is 10.2 Å². The average molecular weight is 308 g/mol. The summed E-state index contributed by atoms with van der Waals surface area (Å²) < 4.78 is 37.1. The Morgan fingerprint density at radius 3 is 2.33 bits per heavy atom. The molecular formula is C15H27F3N2O. The summed E-state index contributed by atoms with van der Waals surface area (Å²) in [5, 5.41) is 2.57. The minimum atomic E-state index is -4.21. The summed E-state index contributed by atoms with van der Waals surface area (Å²) in [5.41, 5.74) is -0.497. The standard InChI is InChI=1S/C15H27F3N2O/c1-5-6-11-7-12(19-10-15(16,17)18)9-20(8-11)13(21)14(2,3)4/h11-12,19H,5-10H2,1-4H3. The van der Waals surface area contributed by atoms with E-state index in [0.717, 1.165) is 12.8 Å². The first-order valence-corrected chi connectivity index (χ1v) is 7.62. The van der Waals surface area contributed by atoms with Crippen molar-refractivity contribution in [2.24, 2.45) is 11.3 Å². The summed E-state index contributed by atoms with van der Waals surface area (Å²) in [5.74, 6) is 0.294. The molecule has 124 valence electrons. The van der Waals surface area contributed by atoms with E-state index in [-0.39, 0.29) is 17.9 Å². The van der Waals surface area contributed by atoms with Gasteiger partial charge in [0.15, 0.2) is 0 Å². The lowest BCUT2D eigenvalue weighted by Crippen LogP contribution is -2.54. The van der Waals surface area contributed by atoms with Crippen molar-refractivity contribution >= 4 is 5.91 Å². The van der Waals surface area contributed by atoms with E-state index < -0.39 is 18.1 Å². The lowest BCUT2D eigenvalue weighted by Gasteiger charge is -2.41. The first-order chi connectivity index (χ1) is 9.53. The molecule has 1 rings (SSSR count). The highest BCUT2D eigenvalue weighted by Gasteiger charge is 2.36. The van der Waals surface area contributed by atoms with E-state index >= 15 is 0 Å². The molecule has 2 unspecified atom stereocenters. The number of alkyl halides is 3. The number of hydrogen-bond donors (Lipinski definition) is 1. The second-order valence-electron chi connectivity index (χ2n) is 7.04. The van der Waals surface area contributed by atoms with Crippen LogP contribution in [-0.4, -0.2) is 42.7 Å². The predicted molar refractivity (Wildman–Crippen MR) is 76.9 cm³/mol. The van der Waals surface area contributed by atoms with Crippen molar-refractivity contribution in [3.63, 3.8) is 0 Å². The van der Waals surface area contributed by atoms with Crippen molar-refractivity contribution in [3.8, 4) is 0 Å². The van der Waals surface area contributed by atoms with Crippen LogP contribution in [0.15, 0.2) is 0 Å². The average Bonchev–Trinajstić information content (AvgIpc) is 2.33. The number of nitrogens with zero attached hydrogens (tertiary/aromatic N) is 1. The number of nitrogens with one attached hydrogen (secondary N) is 1. The summed E-state index contributed by atoms with van der Waals surface area (Å²) in [6.45, 7) is 7.63. The van der Waals surface area contributed by atoms with Crippen LogP contribution in [-0.2, 0) is 4.79 Å². The zero-order valence-electron chi connectivity index (χ0n) is 13.4. The van der Waals surface area contributed by atoms with Crippen LogP contribution in [0.25, 0.3) is 0 Å². The zero-order chi connectivity index (χ0) is 16.3. The third-order valence-corrected chi connectivity index (χ3v) is 3.75. The van der Waals surface area contributed by atoms with Crippen LogP contribution in [0, 0.1) is 11.3 Å². The molecule has 0 aromatic rings. The van der Waals surface area contributed by atoms with Crippen LogP contribution in [0.5, 0.6) is 0 Å². The lowest BCUT2D eigenvalue weighted by molar-refractivity contribution is -0.143. The van der Waals surface area contributed by atoms with Gasteiger partial charge in [-0.15, -0.1) is 0 Å². The highest BCUT2D eigenvalue weighted by atomic mass is 19.4. The van der Waals surface area contributed by atoms with Crippen LogP contribution in [0.2, 0.25) is 0 Å². The van der Waals surface area contributed by atoms with E-state index in [1.54, 1.807) is 4.90 Å². The molecule has 0 bridgehead atoms. The van der Waals surface area contributed by atoms with Crippen molar-refractivity contribution < 1.29 is 18.0 Å². The SMILES string of the molecule is CCCC1CC(NCC(F)(F)F)CN(C(=O)C(C)(C)C)C1. The predicted octanol–water partition coefficient (Wildman–Crippen LogP) is 3.20. The van der Waals surface area contributed by atoms with Gasteiger partial charge in [0.2, 0.25) is 5.91 Å². The molecule has 1 amide bonds. The Bertz CT molecular complexity index is 350. The summed E-state index contributed by atoms with van der Waals surface area (Å²) in [4.78, 5) is 14.1. The number of hydrogen-bond acceptors (Lipinski definition) is 2. The number of piperidine rings is 1. The molecule has 0 radical (unpaired) electrons. The Labute approximate surface area is 125 Å². The van der Waals surface area contributed by atoms with Gasteiger partial charge in [-0.05, 0) is 18.8 Å². The van der Waals surface area contributed by atoms with E-state index in [9.17, 15) is 18.0 Å². The highest BCUT2D eigenvalue weighted by molar-refractivity contribution is 5.81. The molecule has 0 aromatic heterocycles. The van der Waals surface area contributed by atoms with Gasteiger partial charge in [0.25, 0.3) is 0 Å². The molecule has 0 aromatic carbocycles. The van der Waals surface area contributed by atoms with E-state index in [1.807, 2.05) is 20.8 Å². The second-order valence-corrected chi connectivity index (χ2v) is 7.04. The Morgan fingerprint density at radius 1 is 1.24 bits per heavy atom. The van der Waals surface area contributed by atoms with Crippen molar-refractivity contribution in [2.45, 2.75) is 59.2 Å². The maximum Gasteiger partial charge on any atom is 0.401 e. The molecule has 21 heavy (non-hydrogen) atoms. The van der Waals surface area contributed by atoms with Gasteiger partial charge in [-0.25, -0.2) is 0 Å². The molecule has 1 fully saturated rings. The van der Waals surface area contributed by atoms with Gasteiger partial charge in [-0.1, -0.05) is 34.1 Å². The number of halogens is 3. The number of amides is 1. The second kappa shape index (κ2) is 6.99.